The highest BCUT2D eigenvalue weighted by molar-refractivity contribution is 6.06. The third-order valence-corrected chi connectivity index (χ3v) is 3.89. The van der Waals surface area contributed by atoms with E-state index in [0.29, 0.717) is 12.8 Å². The molecular weight excluding hydrogens is 280 g/mol. The van der Waals surface area contributed by atoms with Crippen molar-refractivity contribution in [1.29, 1.82) is 0 Å². The molecule has 0 saturated heterocycles. The van der Waals surface area contributed by atoms with Crippen molar-refractivity contribution in [3.63, 3.8) is 0 Å². The number of nitrogens with one attached hydrogen (secondary N) is 1. The van der Waals surface area contributed by atoms with E-state index in [2.05, 4.69) is 5.32 Å². The third-order valence-electron chi connectivity index (χ3n) is 3.89. The lowest BCUT2D eigenvalue weighted by Gasteiger charge is -2.29. The molecule has 0 radical (unpaired) electrons. The molecule has 3 amide bonds. The zero-order valence-electron chi connectivity index (χ0n) is 14.3. The summed E-state index contributed by atoms with van der Waals surface area (Å²) in [5.74, 6) is -0.461. The molecular formula is C17H28N2O3. The SMILES string of the molecule is CCCC1C(C)=CC(=O)N1C(=O)[C@@H](CC(C)C)NC(=O)CC. The predicted molar refractivity (Wildman–Crippen MR) is 86.0 cm³/mol. The van der Waals surface area contributed by atoms with E-state index in [0.717, 1.165) is 18.4 Å². The number of hydrogen-bond acceptors (Lipinski definition) is 3. The Kier molecular flexibility index (Phi) is 6.78. The Morgan fingerprint density at radius 3 is 2.45 bits per heavy atom. The molecule has 0 saturated carbocycles. The summed E-state index contributed by atoms with van der Waals surface area (Å²) in [5, 5.41) is 2.77. The molecule has 1 rings (SSSR count). The van der Waals surface area contributed by atoms with Gasteiger partial charge in [-0.25, -0.2) is 0 Å². The van der Waals surface area contributed by atoms with Crippen molar-refractivity contribution in [3.8, 4) is 0 Å². The van der Waals surface area contributed by atoms with E-state index in [9.17, 15) is 14.4 Å². The van der Waals surface area contributed by atoms with Crippen LogP contribution in [0.5, 0.6) is 0 Å². The van der Waals surface area contributed by atoms with Gasteiger partial charge in [-0.05, 0) is 31.3 Å². The van der Waals surface area contributed by atoms with E-state index in [1.807, 2.05) is 27.7 Å². The van der Waals surface area contributed by atoms with Gasteiger partial charge in [-0.15, -0.1) is 0 Å². The normalized spacial score (nSPS) is 19.4. The first-order valence-corrected chi connectivity index (χ1v) is 8.16. The predicted octanol–water partition coefficient (Wildman–Crippen LogP) is 2.41. The number of carbonyl (C=O) groups excluding carboxylic acids is 3. The Labute approximate surface area is 133 Å². The van der Waals surface area contributed by atoms with E-state index in [-0.39, 0.29) is 29.7 Å². The molecule has 0 aromatic heterocycles. The summed E-state index contributed by atoms with van der Waals surface area (Å²) in [4.78, 5) is 38.0. The molecule has 0 spiro atoms. The summed E-state index contributed by atoms with van der Waals surface area (Å²) in [5.41, 5.74) is 0.922. The highest BCUT2D eigenvalue weighted by atomic mass is 16.2. The van der Waals surface area contributed by atoms with Crippen molar-refractivity contribution >= 4 is 17.7 Å². The van der Waals surface area contributed by atoms with Crippen LogP contribution in [0.1, 0.15) is 60.3 Å². The molecule has 1 aliphatic rings. The first-order valence-electron chi connectivity index (χ1n) is 8.16. The quantitative estimate of drug-likeness (QED) is 0.785. The Bertz CT molecular complexity index is 469. The van der Waals surface area contributed by atoms with Crippen LogP contribution in [-0.2, 0) is 14.4 Å². The highest BCUT2D eigenvalue weighted by Crippen LogP contribution is 2.25. The smallest absolute Gasteiger partial charge is 0.253 e. The van der Waals surface area contributed by atoms with Gasteiger partial charge in [0.25, 0.3) is 11.8 Å². The van der Waals surface area contributed by atoms with Gasteiger partial charge in [-0.1, -0.05) is 34.1 Å². The van der Waals surface area contributed by atoms with Crippen molar-refractivity contribution in [2.45, 2.75) is 72.4 Å². The maximum absolute atomic E-state index is 12.8. The van der Waals surface area contributed by atoms with E-state index in [4.69, 9.17) is 0 Å². The van der Waals surface area contributed by atoms with Gasteiger partial charge in [-0.3, -0.25) is 19.3 Å². The molecule has 0 aromatic rings. The number of nitrogens with zero attached hydrogens (tertiary/aromatic N) is 1. The first kappa shape index (κ1) is 18.4. The van der Waals surface area contributed by atoms with Crippen molar-refractivity contribution < 1.29 is 14.4 Å². The summed E-state index contributed by atoms with van der Waals surface area (Å²) in [7, 11) is 0. The van der Waals surface area contributed by atoms with Crippen LogP contribution in [0.2, 0.25) is 0 Å². The van der Waals surface area contributed by atoms with Crippen LogP contribution in [0.25, 0.3) is 0 Å². The van der Waals surface area contributed by atoms with Gasteiger partial charge in [0.05, 0.1) is 6.04 Å². The second-order valence-electron chi connectivity index (χ2n) is 6.34. The highest BCUT2D eigenvalue weighted by Gasteiger charge is 2.38. The Morgan fingerprint density at radius 2 is 1.95 bits per heavy atom. The van der Waals surface area contributed by atoms with Gasteiger partial charge in [-0.2, -0.15) is 0 Å². The average molecular weight is 308 g/mol. The Hall–Kier alpha value is -1.65. The van der Waals surface area contributed by atoms with Gasteiger partial charge in [0, 0.05) is 12.5 Å². The van der Waals surface area contributed by atoms with Gasteiger partial charge in [0.2, 0.25) is 5.91 Å². The van der Waals surface area contributed by atoms with Crippen molar-refractivity contribution in [2.75, 3.05) is 0 Å². The summed E-state index contributed by atoms with van der Waals surface area (Å²) >= 11 is 0. The minimum absolute atomic E-state index is 0.164. The fourth-order valence-corrected chi connectivity index (χ4v) is 2.77. The van der Waals surface area contributed by atoms with Gasteiger partial charge in [0.15, 0.2) is 0 Å². The lowest BCUT2D eigenvalue weighted by atomic mass is 10.0. The van der Waals surface area contributed by atoms with E-state index >= 15 is 0 Å². The lowest BCUT2D eigenvalue weighted by Crippen LogP contribution is -2.52. The number of carbonyl (C=O) groups is 3. The van der Waals surface area contributed by atoms with Gasteiger partial charge in [0.1, 0.15) is 6.04 Å². The summed E-state index contributed by atoms with van der Waals surface area (Å²) in [6.45, 7) is 9.66. The minimum atomic E-state index is -0.630. The van der Waals surface area contributed by atoms with Crippen molar-refractivity contribution in [2.24, 2.45) is 5.92 Å². The third kappa shape index (κ3) is 4.42. The topological polar surface area (TPSA) is 66.5 Å². The van der Waals surface area contributed by atoms with Crippen LogP contribution < -0.4 is 5.32 Å². The fraction of sp³-hybridized carbons (Fsp3) is 0.706. The lowest BCUT2D eigenvalue weighted by molar-refractivity contribution is -0.146. The van der Waals surface area contributed by atoms with Crippen LogP contribution in [0.4, 0.5) is 0 Å². The van der Waals surface area contributed by atoms with E-state index in [1.165, 1.54) is 11.0 Å². The van der Waals surface area contributed by atoms with Crippen LogP contribution in [0.15, 0.2) is 11.6 Å². The number of imide groups is 1. The number of rotatable bonds is 7. The van der Waals surface area contributed by atoms with E-state index in [1.54, 1.807) is 6.92 Å². The van der Waals surface area contributed by atoms with Gasteiger partial charge >= 0.3 is 0 Å². The maximum atomic E-state index is 12.8. The molecule has 1 aliphatic heterocycles. The second kappa shape index (κ2) is 8.11. The van der Waals surface area contributed by atoms with Crippen LogP contribution >= 0.6 is 0 Å². The molecule has 124 valence electrons. The molecule has 0 aliphatic carbocycles. The number of hydrogen-bond donors (Lipinski definition) is 1. The zero-order valence-corrected chi connectivity index (χ0v) is 14.3. The molecule has 22 heavy (non-hydrogen) atoms. The summed E-state index contributed by atoms with van der Waals surface area (Å²) in [6.07, 6.45) is 4.04. The van der Waals surface area contributed by atoms with Crippen LogP contribution in [-0.4, -0.2) is 34.7 Å². The van der Waals surface area contributed by atoms with Crippen molar-refractivity contribution in [1.82, 2.24) is 10.2 Å². The standard InChI is InChI=1S/C17H28N2O3/c1-6-8-14-12(5)10-16(21)19(14)17(22)13(9-11(3)4)18-15(20)7-2/h10-11,13-14H,6-9H2,1-5H3,(H,18,20)/t13-,14?/m1/s1. The first-order chi connectivity index (χ1) is 10.3. The molecule has 5 heteroatoms. The largest absolute Gasteiger partial charge is 0.344 e. The van der Waals surface area contributed by atoms with Crippen LogP contribution in [0, 0.1) is 5.92 Å². The monoisotopic (exact) mass is 308 g/mol. The summed E-state index contributed by atoms with van der Waals surface area (Å²) < 4.78 is 0. The molecule has 0 bridgehead atoms. The average Bonchev–Trinajstić information content (AvgIpc) is 2.71. The Morgan fingerprint density at radius 1 is 1.32 bits per heavy atom. The molecule has 1 unspecified atom stereocenters. The minimum Gasteiger partial charge on any atom is -0.344 e. The van der Waals surface area contributed by atoms with E-state index < -0.39 is 6.04 Å². The Balaban J connectivity index is 2.96. The molecule has 1 heterocycles. The second-order valence-corrected chi connectivity index (χ2v) is 6.34. The van der Waals surface area contributed by atoms with Crippen LogP contribution in [0.3, 0.4) is 0 Å². The zero-order chi connectivity index (χ0) is 16.9. The summed E-state index contributed by atoms with van der Waals surface area (Å²) in [6, 6.07) is -0.798. The fourth-order valence-electron chi connectivity index (χ4n) is 2.77. The van der Waals surface area contributed by atoms with Gasteiger partial charge < -0.3 is 5.32 Å². The molecule has 2 atom stereocenters. The molecule has 5 nitrogen and oxygen atoms in total. The molecule has 1 N–H and O–H groups in total. The van der Waals surface area contributed by atoms with Crippen molar-refractivity contribution in [3.05, 3.63) is 11.6 Å². The maximum Gasteiger partial charge on any atom is 0.253 e. The number of amides is 3. The molecule has 0 aromatic carbocycles. The molecule has 0 fully saturated rings.